The molecule has 2 aromatic carbocycles. The summed E-state index contributed by atoms with van der Waals surface area (Å²) < 4.78 is 28.1. The smallest absolute Gasteiger partial charge is 0.243 e. The molecule has 0 aliphatic carbocycles. The third-order valence-corrected chi connectivity index (χ3v) is 9.31. The Bertz CT molecular complexity index is 1300. The molecule has 0 amide bonds. The normalized spacial score (nSPS) is 20.1. The number of sulfonamides is 1. The maximum Gasteiger partial charge on any atom is 0.243 e. The standard InChI is InChI=1S/C27H34N4O2S/c1-20-7-8-21(2)26(18-20)29-14-16-30(17-15-29)27-12-9-23-19-24(10-11-25(23)28-27)34(32,33)31-13-5-4-6-22(31)3/h7-12,18-19,22H,4-6,13-17H2,1-3H3/t22-/m0/s1. The molecule has 5 rings (SSSR count). The summed E-state index contributed by atoms with van der Waals surface area (Å²) in [6.45, 7) is 10.6. The van der Waals surface area contributed by atoms with Gasteiger partial charge in [-0.2, -0.15) is 4.31 Å². The molecule has 0 saturated carbocycles. The monoisotopic (exact) mass is 478 g/mol. The lowest BCUT2D eigenvalue weighted by atomic mass is 10.1. The van der Waals surface area contributed by atoms with Crippen LogP contribution in [0.5, 0.6) is 0 Å². The summed E-state index contributed by atoms with van der Waals surface area (Å²) in [5.74, 6) is 0.952. The molecule has 0 radical (unpaired) electrons. The highest BCUT2D eigenvalue weighted by molar-refractivity contribution is 7.89. The predicted molar refractivity (Wildman–Crippen MR) is 139 cm³/mol. The Labute approximate surface area is 203 Å². The topological polar surface area (TPSA) is 56.8 Å². The first kappa shape index (κ1) is 23.1. The predicted octanol–water partition coefficient (Wildman–Crippen LogP) is 4.74. The molecule has 0 N–H and O–H groups in total. The lowest BCUT2D eigenvalue weighted by Crippen LogP contribution is -2.47. The van der Waals surface area contributed by atoms with Gasteiger partial charge in [-0.25, -0.2) is 13.4 Å². The lowest BCUT2D eigenvalue weighted by Gasteiger charge is -2.37. The first-order valence-corrected chi connectivity index (χ1v) is 13.8. The minimum Gasteiger partial charge on any atom is -0.368 e. The molecule has 0 spiro atoms. The molecule has 34 heavy (non-hydrogen) atoms. The number of rotatable bonds is 4. The summed E-state index contributed by atoms with van der Waals surface area (Å²) in [5.41, 5.74) is 4.76. The molecule has 2 aliphatic heterocycles. The molecule has 1 atom stereocenters. The fraction of sp³-hybridized carbons (Fsp3) is 0.444. The fourth-order valence-electron chi connectivity index (χ4n) is 5.23. The molecule has 6 nitrogen and oxygen atoms in total. The molecule has 3 heterocycles. The average molecular weight is 479 g/mol. The fourth-order valence-corrected chi connectivity index (χ4v) is 6.97. The maximum absolute atomic E-state index is 13.2. The van der Waals surface area contributed by atoms with Crippen molar-refractivity contribution in [3.8, 4) is 0 Å². The van der Waals surface area contributed by atoms with Crippen LogP contribution in [0.2, 0.25) is 0 Å². The van der Waals surface area contributed by atoms with Crippen molar-refractivity contribution in [1.29, 1.82) is 0 Å². The van der Waals surface area contributed by atoms with Crippen LogP contribution in [0.3, 0.4) is 0 Å². The van der Waals surface area contributed by atoms with Crippen molar-refractivity contribution in [2.24, 2.45) is 0 Å². The van der Waals surface area contributed by atoms with Crippen LogP contribution >= 0.6 is 0 Å². The van der Waals surface area contributed by atoms with Crippen molar-refractivity contribution < 1.29 is 8.42 Å². The number of piperidine rings is 1. The lowest BCUT2D eigenvalue weighted by molar-refractivity contribution is 0.268. The second-order valence-electron chi connectivity index (χ2n) is 9.75. The van der Waals surface area contributed by atoms with Gasteiger partial charge in [-0.05, 0) is 81.1 Å². The van der Waals surface area contributed by atoms with Crippen LogP contribution in [0.25, 0.3) is 10.9 Å². The molecule has 2 saturated heterocycles. The highest BCUT2D eigenvalue weighted by atomic mass is 32.2. The Morgan fingerprint density at radius 3 is 2.38 bits per heavy atom. The van der Waals surface area contributed by atoms with E-state index in [-0.39, 0.29) is 6.04 Å². The highest BCUT2D eigenvalue weighted by Crippen LogP contribution is 2.29. The quantitative estimate of drug-likeness (QED) is 0.542. The van der Waals surface area contributed by atoms with E-state index >= 15 is 0 Å². The van der Waals surface area contributed by atoms with Crippen molar-refractivity contribution in [1.82, 2.24) is 9.29 Å². The van der Waals surface area contributed by atoms with Gasteiger partial charge in [-0.1, -0.05) is 18.6 Å². The Kier molecular flexibility index (Phi) is 6.25. The van der Waals surface area contributed by atoms with E-state index in [0.717, 1.165) is 62.2 Å². The van der Waals surface area contributed by atoms with Crippen LogP contribution in [0.4, 0.5) is 11.5 Å². The van der Waals surface area contributed by atoms with Crippen molar-refractivity contribution in [3.63, 3.8) is 0 Å². The summed E-state index contributed by atoms with van der Waals surface area (Å²) in [7, 11) is -3.48. The summed E-state index contributed by atoms with van der Waals surface area (Å²) in [6.07, 6.45) is 2.95. The number of benzene rings is 2. The first-order valence-electron chi connectivity index (χ1n) is 12.3. The van der Waals surface area contributed by atoms with Crippen LogP contribution in [0, 0.1) is 13.8 Å². The van der Waals surface area contributed by atoms with E-state index in [0.29, 0.717) is 11.4 Å². The van der Waals surface area contributed by atoms with Gasteiger partial charge in [0.1, 0.15) is 5.82 Å². The zero-order valence-electron chi connectivity index (χ0n) is 20.4. The number of fused-ring (bicyclic) bond motifs is 1. The molecule has 1 aromatic heterocycles. The van der Waals surface area contributed by atoms with Crippen LogP contribution in [0.1, 0.15) is 37.3 Å². The maximum atomic E-state index is 13.2. The second-order valence-corrected chi connectivity index (χ2v) is 11.6. The molecule has 7 heteroatoms. The molecular weight excluding hydrogens is 444 g/mol. The van der Waals surface area contributed by atoms with E-state index < -0.39 is 10.0 Å². The van der Waals surface area contributed by atoms with Gasteiger partial charge in [0.05, 0.1) is 10.4 Å². The minimum atomic E-state index is -3.48. The SMILES string of the molecule is Cc1ccc(C)c(N2CCN(c3ccc4cc(S(=O)(=O)N5CCCC[C@@H]5C)ccc4n3)CC2)c1. The number of aromatic nitrogens is 1. The Morgan fingerprint density at radius 2 is 1.62 bits per heavy atom. The van der Waals surface area contributed by atoms with Crippen molar-refractivity contribution in [2.45, 2.75) is 51.0 Å². The van der Waals surface area contributed by atoms with Gasteiger partial charge < -0.3 is 9.80 Å². The molecule has 2 aliphatic rings. The number of aryl methyl sites for hydroxylation is 2. The summed E-state index contributed by atoms with van der Waals surface area (Å²) >= 11 is 0. The third kappa shape index (κ3) is 4.39. The van der Waals surface area contributed by atoms with Crippen molar-refractivity contribution >= 4 is 32.4 Å². The van der Waals surface area contributed by atoms with E-state index in [1.807, 2.05) is 25.1 Å². The summed E-state index contributed by atoms with van der Waals surface area (Å²) in [6, 6.07) is 16.1. The molecular formula is C27H34N4O2S. The first-order chi connectivity index (χ1) is 16.3. The average Bonchev–Trinajstić information content (AvgIpc) is 2.85. The van der Waals surface area contributed by atoms with Crippen LogP contribution in [-0.2, 0) is 10.0 Å². The summed E-state index contributed by atoms with van der Waals surface area (Å²) in [5, 5.41) is 0.864. The zero-order chi connectivity index (χ0) is 23.9. The van der Waals surface area contributed by atoms with Crippen molar-refractivity contribution in [2.75, 3.05) is 42.5 Å². The largest absolute Gasteiger partial charge is 0.368 e. The number of nitrogens with zero attached hydrogens (tertiary/aromatic N) is 4. The van der Waals surface area contributed by atoms with Gasteiger partial charge in [0.25, 0.3) is 0 Å². The van der Waals surface area contributed by atoms with E-state index in [2.05, 4.69) is 41.8 Å². The third-order valence-electron chi connectivity index (χ3n) is 7.30. The number of anilines is 2. The number of hydrogen-bond donors (Lipinski definition) is 0. The van der Waals surface area contributed by atoms with E-state index in [1.165, 1.54) is 16.8 Å². The van der Waals surface area contributed by atoms with E-state index in [4.69, 9.17) is 4.98 Å². The van der Waals surface area contributed by atoms with Crippen LogP contribution < -0.4 is 9.80 Å². The van der Waals surface area contributed by atoms with Crippen LogP contribution in [-0.4, -0.2) is 56.5 Å². The van der Waals surface area contributed by atoms with Gasteiger partial charge in [0.15, 0.2) is 0 Å². The van der Waals surface area contributed by atoms with Gasteiger partial charge >= 0.3 is 0 Å². The Balaban J connectivity index is 1.33. The zero-order valence-corrected chi connectivity index (χ0v) is 21.2. The van der Waals surface area contributed by atoms with E-state index in [9.17, 15) is 8.42 Å². The number of hydrogen-bond acceptors (Lipinski definition) is 5. The van der Waals surface area contributed by atoms with Crippen molar-refractivity contribution in [3.05, 3.63) is 59.7 Å². The van der Waals surface area contributed by atoms with Crippen LogP contribution in [0.15, 0.2) is 53.4 Å². The summed E-state index contributed by atoms with van der Waals surface area (Å²) in [4.78, 5) is 10.0. The Morgan fingerprint density at radius 1 is 0.853 bits per heavy atom. The molecule has 180 valence electrons. The minimum absolute atomic E-state index is 0.0530. The van der Waals surface area contributed by atoms with Gasteiger partial charge in [-0.15, -0.1) is 0 Å². The molecule has 3 aromatic rings. The molecule has 2 fully saturated rings. The number of pyridine rings is 1. The highest BCUT2D eigenvalue weighted by Gasteiger charge is 2.31. The van der Waals surface area contributed by atoms with Gasteiger partial charge in [-0.3, -0.25) is 0 Å². The number of piperazine rings is 1. The molecule has 0 unspecified atom stereocenters. The van der Waals surface area contributed by atoms with Gasteiger partial charge in [0.2, 0.25) is 10.0 Å². The molecule has 0 bridgehead atoms. The van der Waals surface area contributed by atoms with E-state index in [1.54, 1.807) is 16.4 Å². The van der Waals surface area contributed by atoms with Gasteiger partial charge in [0, 0.05) is 49.8 Å². The Hall–Kier alpha value is -2.64. The second kappa shape index (κ2) is 9.19.